The van der Waals surface area contributed by atoms with E-state index in [1.165, 1.54) is 30.4 Å². The first-order valence-electron chi connectivity index (χ1n) is 8.30. The molecule has 0 aliphatic heterocycles. The molecule has 1 aromatic rings. The molecule has 0 bridgehead atoms. The van der Waals surface area contributed by atoms with E-state index >= 15 is 0 Å². The molecule has 21 heavy (non-hydrogen) atoms. The first-order chi connectivity index (χ1) is 10.2. The molecule has 0 heterocycles. The van der Waals surface area contributed by atoms with Crippen LogP contribution in [0.1, 0.15) is 49.7 Å². The van der Waals surface area contributed by atoms with Crippen molar-refractivity contribution in [3.05, 3.63) is 48.0 Å². The van der Waals surface area contributed by atoms with Crippen LogP contribution >= 0.6 is 0 Å². The molecular weight excluding hydrogens is 256 g/mol. The summed E-state index contributed by atoms with van der Waals surface area (Å²) in [4.78, 5) is 2.39. The Balaban J connectivity index is 1.75. The predicted molar refractivity (Wildman–Crippen MR) is 91.6 cm³/mol. The Morgan fingerprint density at radius 1 is 1.33 bits per heavy atom. The van der Waals surface area contributed by atoms with E-state index in [0.29, 0.717) is 5.92 Å². The zero-order chi connectivity index (χ0) is 15.1. The van der Waals surface area contributed by atoms with Crippen molar-refractivity contribution in [2.45, 2.75) is 51.1 Å². The highest BCUT2D eigenvalue weighted by atomic mass is 15.1. The number of benzene rings is 1. The monoisotopic (exact) mass is 286 g/mol. The molecule has 1 atom stereocenters. The molecule has 1 fully saturated rings. The maximum absolute atomic E-state index is 3.77. The van der Waals surface area contributed by atoms with Crippen LogP contribution in [-0.2, 0) is 6.54 Å². The van der Waals surface area contributed by atoms with E-state index in [1.807, 2.05) is 6.08 Å². The second-order valence-corrected chi connectivity index (χ2v) is 6.49. The highest BCUT2D eigenvalue weighted by Gasteiger charge is 2.21. The second-order valence-electron chi connectivity index (χ2n) is 6.49. The fraction of sp³-hybridized carbons (Fsp3) is 0.579. The first kappa shape index (κ1) is 16.3. The maximum atomic E-state index is 3.77. The first-order valence-corrected chi connectivity index (χ1v) is 8.30. The molecule has 1 saturated carbocycles. The Kier molecular flexibility index (Phi) is 6.47. The standard InChI is InChI=1S/C19H30N2/c1-4-5-6-13-21(3)15-17-7-9-18(10-8-17)16(2)14-20-19-11-12-19/h4,7-10,16,19-20H,1,5-6,11-15H2,2-3H3. The van der Waals surface area contributed by atoms with Gasteiger partial charge in [-0.3, -0.25) is 0 Å². The van der Waals surface area contributed by atoms with Crippen LogP contribution in [0.4, 0.5) is 0 Å². The van der Waals surface area contributed by atoms with Crippen LogP contribution in [0, 0.1) is 0 Å². The van der Waals surface area contributed by atoms with Crippen LogP contribution < -0.4 is 5.32 Å². The summed E-state index contributed by atoms with van der Waals surface area (Å²) in [6, 6.07) is 9.97. The van der Waals surface area contributed by atoms with Crippen molar-refractivity contribution >= 4 is 0 Å². The molecule has 0 aromatic heterocycles. The van der Waals surface area contributed by atoms with Crippen molar-refractivity contribution in [2.24, 2.45) is 0 Å². The van der Waals surface area contributed by atoms with E-state index in [4.69, 9.17) is 0 Å². The number of nitrogens with one attached hydrogen (secondary N) is 1. The number of unbranched alkanes of at least 4 members (excludes halogenated alkanes) is 1. The van der Waals surface area contributed by atoms with Gasteiger partial charge in [-0.15, -0.1) is 6.58 Å². The fourth-order valence-corrected chi connectivity index (χ4v) is 2.60. The van der Waals surface area contributed by atoms with E-state index in [0.717, 1.165) is 32.1 Å². The van der Waals surface area contributed by atoms with Crippen molar-refractivity contribution in [2.75, 3.05) is 20.1 Å². The highest BCUT2D eigenvalue weighted by Crippen LogP contribution is 2.21. The molecule has 2 rings (SSSR count). The minimum absolute atomic E-state index is 0.602. The van der Waals surface area contributed by atoms with Gasteiger partial charge in [-0.05, 0) is 56.3 Å². The topological polar surface area (TPSA) is 15.3 Å². The van der Waals surface area contributed by atoms with Gasteiger partial charge in [0.15, 0.2) is 0 Å². The van der Waals surface area contributed by atoms with Crippen molar-refractivity contribution in [1.29, 1.82) is 0 Å². The van der Waals surface area contributed by atoms with Crippen LogP contribution in [0.25, 0.3) is 0 Å². The molecule has 1 aromatic carbocycles. The summed E-state index contributed by atoms with van der Waals surface area (Å²) in [5.41, 5.74) is 2.85. The van der Waals surface area contributed by atoms with E-state index in [1.54, 1.807) is 0 Å². The average molecular weight is 286 g/mol. The highest BCUT2D eigenvalue weighted by molar-refractivity contribution is 5.25. The summed E-state index contributed by atoms with van der Waals surface area (Å²) in [5, 5.41) is 3.61. The van der Waals surface area contributed by atoms with E-state index in [-0.39, 0.29) is 0 Å². The maximum Gasteiger partial charge on any atom is 0.0230 e. The van der Waals surface area contributed by atoms with Gasteiger partial charge in [-0.1, -0.05) is 37.3 Å². The number of allylic oxidation sites excluding steroid dienone is 1. The normalized spacial score (nSPS) is 16.1. The Morgan fingerprint density at radius 2 is 2.05 bits per heavy atom. The molecule has 2 nitrogen and oxygen atoms in total. The number of hydrogen-bond acceptors (Lipinski definition) is 2. The van der Waals surface area contributed by atoms with E-state index < -0.39 is 0 Å². The summed E-state index contributed by atoms with van der Waals surface area (Å²) in [5.74, 6) is 0.602. The van der Waals surface area contributed by atoms with Gasteiger partial charge in [-0.25, -0.2) is 0 Å². The van der Waals surface area contributed by atoms with Gasteiger partial charge in [0.05, 0.1) is 0 Å². The lowest BCUT2D eigenvalue weighted by molar-refractivity contribution is 0.323. The minimum atomic E-state index is 0.602. The summed E-state index contributed by atoms with van der Waals surface area (Å²) >= 11 is 0. The van der Waals surface area contributed by atoms with Gasteiger partial charge < -0.3 is 10.2 Å². The molecular formula is C19H30N2. The predicted octanol–water partition coefficient (Wildman–Crippen LogP) is 3.94. The zero-order valence-electron chi connectivity index (χ0n) is 13.6. The molecule has 1 aliphatic carbocycles. The van der Waals surface area contributed by atoms with Gasteiger partial charge >= 0.3 is 0 Å². The number of hydrogen-bond donors (Lipinski definition) is 1. The van der Waals surface area contributed by atoms with Gasteiger partial charge in [0, 0.05) is 19.1 Å². The zero-order valence-corrected chi connectivity index (χ0v) is 13.6. The molecule has 116 valence electrons. The Bertz CT molecular complexity index is 420. The SMILES string of the molecule is C=CCCCN(C)Cc1ccc(C(C)CNC2CC2)cc1. The van der Waals surface area contributed by atoms with Crippen molar-refractivity contribution in [3.63, 3.8) is 0 Å². The summed E-state index contributed by atoms with van der Waals surface area (Å²) < 4.78 is 0. The molecule has 1 aliphatic rings. The van der Waals surface area contributed by atoms with Crippen LogP contribution in [0.15, 0.2) is 36.9 Å². The lowest BCUT2D eigenvalue weighted by Gasteiger charge is -2.17. The summed E-state index contributed by atoms with van der Waals surface area (Å²) in [6.07, 6.45) is 7.03. The minimum Gasteiger partial charge on any atom is -0.313 e. The molecule has 2 heteroatoms. The van der Waals surface area contributed by atoms with Gasteiger partial charge in [0.25, 0.3) is 0 Å². The Hall–Kier alpha value is -1.12. The summed E-state index contributed by atoms with van der Waals surface area (Å²) in [7, 11) is 2.19. The van der Waals surface area contributed by atoms with Gasteiger partial charge in [0.1, 0.15) is 0 Å². The third-order valence-corrected chi connectivity index (χ3v) is 4.24. The molecule has 1 N–H and O–H groups in total. The largest absolute Gasteiger partial charge is 0.313 e. The number of nitrogens with zero attached hydrogens (tertiary/aromatic N) is 1. The number of rotatable bonds is 10. The van der Waals surface area contributed by atoms with E-state index in [2.05, 4.69) is 55.0 Å². The van der Waals surface area contributed by atoms with Crippen molar-refractivity contribution in [1.82, 2.24) is 10.2 Å². The van der Waals surface area contributed by atoms with Crippen LogP contribution in [0.3, 0.4) is 0 Å². The smallest absolute Gasteiger partial charge is 0.0230 e. The Morgan fingerprint density at radius 3 is 2.67 bits per heavy atom. The van der Waals surface area contributed by atoms with Gasteiger partial charge in [-0.2, -0.15) is 0 Å². The molecule has 0 amide bonds. The van der Waals surface area contributed by atoms with Crippen LogP contribution in [0.2, 0.25) is 0 Å². The molecule has 0 radical (unpaired) electrons. The molecule has 0 saturated heterocycles. The second kappa shape index (κ2) is 8.35. The average Bonchev–Trinajstić information content (AvgIpc) is 3.30. The van der Waals surface area contributed by atoms with Gasteiger partial charge in [0.2, 0.25) is 0 Å². The lowest BCUT2D eigenvalue weighted by atomic mass is 9.99. The quantitative estimate of drug-likeness (QED) is 0.518. The third-order valence-electron chi connectivity index (χ3n) is 4.24. The molecule has 1 unspecified atom stereocenters. The Labute approximate surface area is 130 Å². The molecule has 0 spiro atoms. The van der Waals surface area contributed by atoms with E-state index in [9.17, 15) is 0 Å². The van der Waals surface area contributed by atoms with Crippen LogP contribution in [0.5, 0.6) is 0 Å². The fourth-order valence-electron chi connectivity index (χ4n) is 2.60. The third kappa shape index (κ3) is 6.03. The summed E-state index contributed by atoms with van der Waals surface area (Å²) in [6.45, 7) is 9.36. The van der Waals surface area contributed by atoms with Crippen LogP contribution in [-0.4, -0.2) is 31.1 Å². The van der Waals surface area contributed by atoms with Crippen molar-refractivity contribution in [3.8, 4) is 0 Å². The van der Waals surface area contributed by atoms with Crippen molar-refractivity contribution < 1.29 is 0 Å². The lowest BCUT2D eigenvalue weighted by Crippen LogP contribution is -2.22.